The lowest BCUT2D eigenvalue weighted by Gasteiger charge is -2.33. The summed E-state index contributed by atoms with van der Waals surface area (Å²) in [7, 11) is -3.51. The van der Waals surface area contributed by atoms with Crippen LogP contribution >= 0.6 is 0 Å². The Morgan fingerprint density at radius 3 is 1.45 bits per heavy atom. The highest BCUT2D eigenvalue weighted by Gasteiger charge is 2.40. The van der Waals surface area contributed by atoms with E-state index in [-0.39, 0.29) is 9.52 Å². The average molecular weight is 493 g/mol. The fourth-order valence-corrected chi connectivity index (χ4v) is 15.3. The summed E-state index contributed by atoms with van der Waals surface area (Å²) in [6, 6.07) is 22.4. The molecule has 0 aromatic heterocycles. The van der Waals surface area contributed by atoms with Crippen molar-refractivity contribution in [2.24, 2.45) is 0 Å². The standard InChI is InChI=1S/C28H40O2Si3/c1-32(2,15-13-29)27-23(17-21-9-5-7-11-25(21)27)19-31-20-24-18-22-10-6-8-12-26(22)28(24)33(3,4)16-14-30/h5-12,17-18,27-30H,13-16,19-20,31H2,1-4H3. The summed E-state index contributed by atoms with van der Waals surface area (Å²) in [5.74, 6) is 0. The van der Waals surface area contributed by atoms with Crippen molar-refractivity contribution >= 4 is 37.8 Å². The fraction of sp³-hybridized carbons (Fsp3) is 0.429. The van der Waals surface area contributed by atoms with E-state index < -0.39 is 16.1 Å². The van der Waals surface area contributed by atoms with Crippen LogP contribution in [-0.2, 0) is 0 Å². The fourth-order valence-electron chi connectivity index (χ4n) is 6.42. The molecule has 2 aliphatic carbocycles. The molecule has 0 fully saturated rings. The van der Waals surface area contributed by atoms with Gasteiger partial charge in [-0.1, -0.05) is 98.0 Å². The molecule has 5 heteroatoms. The minimum atomic E-state index is -1.60. The molecule has 0 heterocycles. The van der Waals surface area contributed by atoms with Crippen molar-refractivity contribution < 1.29 is 10.2 Å². The van der Waals surface area contributed by atoms with E-state index in [1.54, 1.807) is 11.1 Å². The van der Waals surface area contributed by atoms with E-state index in [0.717, 1.165) is 12.1 Å². The zero-order valence-corrected chi connectivity index (χ0v) is 24.2. The zero-order chi connectivity index (χ0) is 23.6. The van der Waals surface area contributed by atoms with Gasteiger partial charge < -0.3 is 10.2 Å². The molecule has 2 aliphatic rings. The van der Waals surface area contributed by atoms with E-state index in [4.69, 9.17) is 0 Å². The molecular formula is C28H40O2Si3. The predicted molar refractivity (Wildman–Crippen MR) is 151 cm³/mol. The first-order valence-corrected chi connectivity index (χ1v) is 21.2. The first-order valence-electron chi connectivity index (χ1n) is 12.6. The Bertz CT molecular complexity index is 971. The third-order valence-corrected chi connectivity index (χ3v) is 17.4. The lowest BCUT2D eigenvalue weighted by molar-refractivity contribution is 0.315. The lowest BCUT2D eigenvalue weighted by Crippen LogP contribution is -2.37. The van der Waals surface area contributed by atoms with Gasteiger partial charge in [0.15, 0.2) is 0 Å². The van der Waals surface area contributed by atoms with Gasteiger partial charge in [0.05, 0.1) is 16.1 Å². The Morgan fingerprint density at radius 2 is 1.06 bits per heavy atom. The second-order valence-corrected chi connectivity index (χ2v) is 23.2. The summed E-state index contributed by atoms with van der Waals surface area (Å²) in [6.07, 6.45) is 4.97. The zero-order valence-electron chi connectivity index (χ0n) is 20.8. The van der Waals surface area contributed by atoms with Crippen LogP contribution in [-0.4, -0.2) is 49.1 Å². The summed E-state index contributed by atoms with van der Waals surface area (Å²) < 4.78 is 0. The molecule has 2 aromatic carbocycles. The Hall–Kier alpha value is -1.51. The molecule has 0 bridgehead atoms. The van der Waals surface area contributed by atoms with Crippen LogP contribution in [0.4, 0.5) is 0 Å². The van der Waals surface area contributed by atoms with Crippen LogP contribution < -0.4 is 0 Å². The van der Waals surface area contributed by atoms with Crippen molar-refractivity contribution in [1.29, 1.82) is 0 Å². The van der Waals surface area contributed by atoms with Crippen molar-refractivity contribution in [3.63, 3.8) is 0 Å². The molecule has 176 valence electrons. The molecule has 0 aliphatic heterocycles. The number of aliphatic hydroxyl groups is 2. The van der Waals surface area contributed by atoms with Gasteiger partial charge in [0.25, 0.3) is 0 Å². The normalized spacial score (nSPS) is 20.2. The molecule has 0 spiro atoms. The molecule has 4 rings (SSSR count). The smallest absolute Gasteiger partial charge is 0.0622 e. The van der Waals surface area contributed by atoms with Gasteiger partial charge in [-0.15, -0.1) is 0 Å². The SMILES string of the molecule is C[Si](C)(CCO)C1C(C[SiH2]CC2=Cc3ccccc3C2[Si](C)(C)CCO)=Cc2ccccc21. The van der Waals surface area contributed by atoms with Gasteiger partial charge in [0.2, 0.25) is 0 Å². The summed E-state index contributed by atoms with van der Waals surface area (Å²) >= 11 is 0. The number of hydrogen-bond donors (Lipinski definition) is 2. The largest absolute Gasteiger partial charge is 0.397 e. The predicted octanol–water partition coefficient (Wildman–Crippen LogP) is 5.83. The Balaban J connectivity index is 1.52. The summed E-state index contributed by atoms with van der Waals surface area (Å²) in [5, 5.41) is 19.5. The number of rotatable bonds is 10. The van der Waals surface area contributed by atoms with Crippen molar-refractivity contribution in [2.75, 3.05) is 13.2 Å². The number of hydrogen-bond acceptors (Lipinski definition) is 2. The molecule has 0 saturated carbocycles. The van der Waals surface area contributed by atoms with Crippen LogP contribution in [0.1, 0.15) is 33.3 Å². The minimum Gasteiger partial charge on any atom is -0.397 e. The maximum atomic E-state index is 9.75. The Kier molecular flexibility index (Phi) is 7.46. The van der Waals surface area contributed by atoms with Crippen molar-refractivity contribution in [2.45, 2.75) is 61.4 Å². The van der Waals surface area contributed by atoms with Crippen LogP contribution in [0.25, 0.3) is 12.2 Å². The highest BCUT2D eigenvalue weighted by atomic mass is 28.3. The quantitative estimate of drug-likeness (QED) is 0.409. The van der Waals surface area contributed by atoms with E-state index in [9.17, 15) is 10.2 Å². The summed E-state index contributed by atoms with van der Waals surface area (Å²) in [5.41, 5.74) is 10.2. The molecule has 2 N–H and O–H groups in total. The summed E-state index contributed by atoms with van der Waals surface area (Å²) in [6.45, 7) is 10.4. The molecule has 2 nitrogen and oxygen atoms in total. The molecule has 0 amide bonds. The van der Waals surface area contributed by atoms with Gasteiger partial charge in [-0.2, -0.15) is 0 Å². The molecule has 2 atom stereocenters. The van der Waals surface area contributed by atoms with Gasteiger partial charge in [-0.25, -0.2) is 0 Å². The number of benzene rings is 2. The van der Waals surface area contributed by atoms with Gasteiger partial charge in [-0.3, -0.25) is 0 Å². The highest BCUT2D eigenvalue weighted by Crippen LogP contribution is 2.47. The molecular weight excluding hydrogens is 453 g/mol. The van der Waals surface area contributed by atoms with E-state index in [1.165, 1.54) is 34.3 Å². The van der Waals surface area contributed by atoms with Crippen LogP contribution in [0.15, 0.2) is 59.7 Å². The maximum absolute atomic E-state index is 9.75. The van der Waals surface area contributed by atoms with E-state index in [1.807, 2.05) is 0 Å². The van der Waals surface area contributed by atoms with Gasteiger partial charge >= 0.3 is 0 Å². The first-order chi connectivity index (χ1) is 15.8. The highest BCUT2D eigenvalue weighted by molar-refractivity contribution is 6.80. The monoisotopic (exact) mass is 492 g/mol. The summed E-state index contributed by atoms with van der Waals surface area (Å²) in [4.78, 5) is 0. The van der Waals surface area contributed by atoms with E-state index in [0.29, 0.717) is 24.3 Å². The Labute approximate surface area is 204 Å². The third kappa shape index (κ3) is 4.98. The maximum Gasteiger partial charge on any atom is 0.0622 e. The van der Waals surface area contributed by atoms with Crippen molar-refractivity contribution in [3.05, 3.63) is 81.9 Å². The molecule has 2 unspecified atom stereocenters. The van der Waals surface area contributed by atoms with Crippen LogP contribution in [0.5, 0.6) is 0 Å². The van der Waals surface area contributed by atoms with Gasteiger partial charge in [0.1, 0.15) is 0 Å². The molecule has 0 saturated heterocycles. The van der Waals surface area contributed by atoms with Crippen molar-refractivity contribution in [3.8, 4) is 0 Å². The minimum absolute atomic E-state index is 0.302. The van der Waals surface area contributed by atoms with Crippen LogP contribution in [0.2, 0.25) is 50.4 Å². The van der Waals surface area contributed by atoms with E-state index in [2.05, 4.69) is 86.9 Å². The molecule has 0 radical (unpaired) electrons. The average Bonchev–Trinajstić information content (AvgIpc) is 3.32. The van der Waals surface area contributed by atoms with Crippen molar-refractivity contribution in [1.82, 2.24) is 0 Å². The first kappa shape index (κ1) is 24.6. The second kappa shape index (κ2) is 10.0. The van der Waals surface area contributed by atoms with Gasteiger partial charge in [-0.05, 0) is 46.4 Å². The van der Waals surface area contributed by atoms with Gasteiger partial charge in [0, 0.05) is 33.8 Å². The Morgan fingerprint density at radius 1 is 0.667 bits per heavy atom. The number of allylic oxidation sites excluding steroid dienone is 2. The number of aliphatic hydroxyl groups excluding tert-OH is 2. The topological polar surface area (TPSA) is 40.5 Å². The van der Waals surface area contributed by atoms with Crippen LogP contribution in [0, 0.1) is 0 Å². The van der Waals surface area contributed by atoms with Crippen LogP contribution in [0.3, 0.4) is 0 Å². The molecule has 33 heavy (non-hydrogen) atoms. The lowest BCUT2D eigenvalue weighted by atomic mass is 10.1. The molecule has 2 aromatic rings. The van der Waals surface area contributed by atoms with E-state index >= 15 is 0 Å². The third-order valence-electron chi connectivity index (χ3n) is 8.04. The number of fused-ring (bicyclic) bond motifs is 2. The second-order valence-electron chi connectivity index (χ2n) is 11.3.